The summed E-state index contributed by atoms with van der Waals surface area (Å²) in [4.78, 5) is 22.3. The van der Waals surface area contributed by atoms with Crippen LogP contribution in [0, 0.1) is 10.1 Å². The van der Waals surface area contributed by atoms with Crippen molar-refractivity contribution in [3.8, 4) is 5.75 Å². The molecule has 0 bridgehead atoms. The molecule has 18 heavy (non-hydrogen) atoms. The van der Waals surface area contributed by atoms with E-state index in [0.29, 0.717) is 29.9 Å². The summed E-state index contributed by atoms with van der Waals surface area (Å²) in [6.45, 7) is -0.259. The van der Waals surface area contributed by atoms with E-state index < -0.39 is 5.92 Å². The number of hydrogen-bond donors (Lipinski definition) is 0. The number of ether oxygens (including phenoxy) is 1. The van der Waals surface area contributed by atoms with Gasteiger partial charge in [0.05, 0.1) is 5.92 Å². The Balaban J connectivity index is 2.10. The van der Waals surface area contributed by atoms with Crippen LogP contribution in [-0.2, 0) is 4.79 Å². The fraction of sp³-hybridized carbons (Fsp3) is 0.308. The number of carbonyl (C=O) groups excluding carboxylic acids is 1. The average Bonchev–Trinajstić information content (AvgIpc) is 2.70. The third kappa shape index (κ3) is 1.59. The first-order valence-corrected chi connectivity index (χ1v) is 5.81. The Bertz CT molecular complexity index is 576. The molecule has 1 aromatic carbocycles. The van der Waals surface area contributed by atoms with Crippen molar-refractivity contribution in [3.05, 3.63) is 51.3 Å². The molecule has 0 aromatic heterocycles. The summed E-state index contributed by atoms with van der Waals surface area (Å²) >= 11 is 0. The number of nitrogens with zero attached hydrogens (tertiary/aromatic N) is 1. The Kier molecular flexibility index (Phi) is 2.40. The van der Waals surface area contributed by atoms with Crippen LogP contribution in [0.3, 0.4) is 0 Å². The van der Waals surface area contributed by atoms with Gasteiger partial charge in [-0.25, -0.2) is 0 Å². The molecule has 3 rings (SSSR count). The number of allylic oxidation sites excluding steroid dienone is 1. The molecule has 92 valence electrons. The normalized spacial score (nSPS) is 21.3. The van der Waals surface area contributed by atoms with Gasteiger partial charge in [0.1, 0.15) is 11.5 Å². The summed E-state index contributed by atoms with van der Waals surface area (Å²) < 4.78 is 5.67. The lowest BCUT2D eigenvalue weighted by Crippen LogP contribution is -2.22. The fourth-order valence-electron chi connectivity index (χ4n) is 2.63. The summed E-state index contributed by atoms with van der Waals surface area (Å²) in [5, 5.41) is 10.8. The van der Waals surface area contributed by atoms with Crippen LogP contribution in [0.4, 0.5) is 0 Å². The molecular weight excluding hydrogens is 234 g/mol. The zero-order valence-corrected chi connectivity index (χ0v) is 9.59. The number of para-hydroxylation sites is 1. The molecule has 2 aliphatic rings. The largest absolute Gasteiger partial charge is 0.461 e. The van der Waals surface area contributed by atoms with Crippen molar-refractivity contribution in [3.63, 3.8) is 0 Å². The van der Waals surface area contributed by atoms with E-state index >= 15 is 0 Å². The predicted octanol–water partition coefficient (Wildman–Crippen LogP) is 2.06. The van der Waals surface area contributed by atoms with Gasteiger partial charge in [0, 0.05) is 28.9 Å². The molecule has 0 radical (unpaired) electrons. The average molecular weight is 245 g/mol. The molecule has 0 unspecified atom stereocenters. The van der Waals surface area contributed by atoms with Crippen LogP contribution in [0.2, 0.25) is 0 Å². The number of hydrogen-bond acceptors (Lipinski definition) is 4. The smallest absolute Gasteiger partial charge is 0.215 e. The van der Waals surface area contributed by atoms with Crippen LogP contribution < -0.4 is 4.74 Å². The molecule has 5 heteroatoms. The van der Waals surface area contributed by atoms with E-state index in [0.717, 1.165) is 5.56 Å². The maximum atomic E-state index is 11.8. The number of rotatable bonds is 2. The Morgan fingerprint density at radius 2 is 2.11 bits per heavy atom. The third-order valence-electron chi connectivity index (χ3n) is 3.39. The van der Waals surface area contributed by atoms with Gasteiger partial charge in [0.15, 0.2) is 5.78 Å². The highest BCUT2D eigenvalue weighted by Gasteiger charge is 2.39. The summed E-state index contributed by atoms with van der Waals surface area (Å²) in [6.07, 6.45) is 0.948. The van der Waals surface area contributed by atoms with E-state index in [-0.39, 0.29) is 17.3 Å². The van der Waals surface area contributed by atoms with E-state index in [1.165, 1.54) is 0 Å². The van der Waals surface area contributed by atoms with Gasteiger partial charge < -0.3 is 4.74 Å². The van der Waals surface area contributed by atoms with E-state index in [1.54, 1.807) is 18.2 Å². The van der Waals surface area contributed by atoms with Crippen LogP contribution in [0.25, 0.3) is 0 Å². The maximum absolute atomic E-state index is 11.8. The molecule has 0 fully saturated rings. The summed E-state index contributed by atoms with van der Waals surface area (Å²) in [5.74, 6) is 0.768. The SMILES string of the molecule is O=C1CCC2=C1[C@H](C[N+](=O)[O-])c1ccccc1O2. The topological polar surface area (TPSA) is 69.4 Å². The molecule has 5 nitrogen and oxygen atoms in total. The Labute approximate surface area is 103 Å². The van der Waals surface area contributed by atoms with Crippen LogP contribution in [0.5, 0.6) is 5.75 Å². The zero-order valence-electron chi connectivity index (χ0n) is 9.59. The number of ketones is 1. The summed E-state index contributed by atoms with van der Waals surface area (Å²) in [7, 11) is 0. The minimum atomic E-state index is -0.463. The van der Waals surface area contributed by atoms with Crippen molar-refractivity contribution < 1.29 is 14.5 Å². The molecule has 1 heterocycles. The van der Waals surface area contributed by atoms with Crippen LogP contribution >= 0.6 is 0 Å². The zero-order chi connectivity index (χ0) is 12.7. The van der Waals surface area contributed by atoms with Gasteiger partial charge in [-0.1, -0.05) is 18.2 Å². The maximum Gasteiger partial charge on any atom is 0.215 e. The Morgan fingerprint density at radius 1 is 1.33 bits per heavy atom. The van der Waals surface area contributed by atoms with E-state index in [1.807, 2.05) is 6.07 Å². The molecule has 0 amide bonds. The monoisotopic (exact) mass is 245 g/mol. The van der Waals surface area contributed by atoms with Gasteiger partial charge in [-0.05, 0) is 6.07 Å². The van der Waals surface area contributed by atoms with E-state index in [2.05, 4.69) is 0 Å². The van der Waals surface area contributed by atoms with Crippen molar-refractivity contribution >= 4 is 5.78 Å². The second kappa shape index (κ2) is 3.94. The van der Waals surface area contributed by atoms with Gasteiger partial charge in [0.25, 0.3) is 0 Å². The fourth-order valence-corrected chi connectivity index (χ4v) is 2.63. The van der Waals surface area contributed by atoms with Crippen LogP contribution in [-0.4, -0.2) is 17.3 Å². The van der Waals surface area contributed by atoms with Gasteiger partial charge in [0.2, 0.25) is 6.54 Å². The first kappa shape index (κ1) is 11.0. The van der Waals surface area contributed by atoms with Gasteiger partial charge in [-0.15, -0.1) is 0 Å². The van der Waals surface area contributed by atoms with Gasteiger partial charge >= 0.3 is 0 Å². The number of fused-ring (bicyclic) bond motifs is 1. The predicted molar refractivity (Wildman–Crippen MR) is 62.9 cm³/mol. The molecule has 0 saturated carbocycles. The summed E-state index contributed by atoms with van der Waals surface area (Å²) in [6, 6.07) is 7.21. The molecule has 0 N–H and O–H groups in total. The Hall–Kier alpha value is -2.17. The summed E-state index contributed by atoms with van der Waals surface area (Å²) in [5.41, 5.74) is 1.24. The lowest BCUT2D eigenvalue weighted by atomic mass is 9.87. The van der Waals surface area contributed by atoms with Gasteiger partial charge in [-0.3, -0.25) is 14.9 Å². The molecule has 1 aromatic rings. The highest BCUT2D eigenvalue weighted by atomic mass is 16.6. The standard InChI is InChI=1S/C13H11NO4/c15-10-5-6-12-13(10)9(7-14(16)17)8-3-1-2-4-11(8)18-12/h1-4,9H,5-7H2/t9-/m1/s1. The number of carbonyl (C=O) groups is 1. The number of benzene rings is 1. The van der Waals surface area contributed by atoms with E-state index in [9.17, 15) is 14.9 Å². The second-order valence-electron chi connectivity index (χ2n) is 4.47. The highest BCUT2D eigenvalue weighted by molar-refractivity contribution is 6.00. The number of nitro groups is 1. The Morgan fingerprint density at radius 3 is 2.89 bits per heavy atom. The van der Waals surface area contributed by atoms with Crippen LogP contribution in [0.15, 0.2) is 35.6 Å². The van der Waals surface area contributed by atoms with Crippen molar-refractivity contribution in [2.45, 2.75) is 18.8 Å². The first-order chi connectivity index (χ1) is 8.66. The molecule has 1 aliphatic heterocycles. The highest BCUT2D eigenvalue weighted by Crippen LogP contribution is 2.43. The molecule has 1 atom stereocenters. The lowest BCUT2D eigenvalue weighted by Gasteiger charge is -2.24. The number of Topliss-reactive ketones (excluding diaryl/α,β-unsaturated/α-hetero) is 1. The minimum absolute atomic E-state index is 0.0219. The lowest BCUT2D eigenvalue weighted by molar-refractivity contribution is -0.482. The van der Waals surface area contributed by atoms with Crippen molar-refractivity contribution in [1.82, 2.24) is 0 Å². The molecule has 1 aliphatic carbocycles. The van der Waals surface area contributed by atoms with Crippen LogP contribution in [0.1, 0.15) is 24.3 Å². The van der Waals surface area contributed by atoms with Crippen molar-refractivity contribution in [1.29, 1.82) is 0 Å². The van der Waals surface area contributed by atoms with Crippen molar-refractivity contribution in [2.24, 2.45) is 0 Å². The second-order valence-corrected chi connectivity index (χ2v) is 4.47. The molecule has 0 saturated heterocycles. The van der Waals surface area contributed by atoms with Crippen molar-refractivity contribution in [2.75, 3.05) is 6.54 Å². The quantitative estimate of drug-likeness (QED) is 0.590. The van der Waals surface area contributed by atoms with E-state index in [4.69, 9.17) is 4.74 Å². The molecule has 0 spiro atoms. The minimum Gasteiger partial charge on any atom is -0.461 e. The third-order valence-corrected chi connectivity index (χ3v) is 3.39. The molecular formula is C13H11NO4. The van der Waals surface area contributed by atoms with Gasteiger partial charge in [-0.2, -0.15) is 0 Å². The first-order valence-electron chi connectivity index (χ1n) is 5.81.